The zero-order valence-electron chi connectivity index (χ0n) is 14.3. The summed E-state index contributed by atoms with van der Waals surface area (Å²) in [5.41, 5.74) is 5.40. The van der Waals surface area contributed by atoms with Crippen molar-refractivity contribution in [2.75, 3.05) is 13.1 Å². The van der Waals surface area contributed by atoms with Gasteiger partial charge in [0.2, 0.25) is 15.9 Å². The topological polar surface area (TPSA) is 144 Å². The van der Waals surface area contributed by atoms with Gasteiger partial charge in [0, 0.05) is 37.7 Å². The minimum Gasteiger partial charge on any atom is -0.352 e. The van der Waals surface area contributed by atoms with E-state index in [2.05, 4.69) is 10.0 Å². The molecule has 0 saturated heterocycles. The lowest BCUT2D eigenvalue weighted by molar-refractivity contribution is -0.384. The van der Waals surface area contributed by atoms with E-state index in [1.807, 2.05) is 13.8 Å². The molecular weight excluding hydrogens is 348 g/mol. The van der Waals surface area contributed by atoms with Crippen molar-refractivity contribution in [3.8, 4) is 0 Å². The molecular formula is C15H24N4O5S. The SMILES string of the molecule is CC(C)CC(CN)NC(=O)CCNS(=O)(=O)c1ccc([N+](=O)[O-])cc1. The number of amides is 1. The Bertz CT molecular complexity index is 688. The maximum absolute atomic E-state index is 12.1. The molecule has 1 unspecified atom stereocenters. The summed E-state index contributed by atoms with van der Waals surface area (Å²) in [5, 5.41) is 13.3. The second kappa shape index (κ2) is 9.44. The molecule has 0 bridgehead atoms. The lowest BCUT2D eigenvalue weighted by Gasteiger charge is -2.18. The molecule has 1 rings (SSSR count). The number of non-ortho nitro benzene ring substituents is 1. The number of hydrogen-bond acceptors (Lipinski definition) is 6. The van der Waals surface area contributed by atoms with Crippen LogP contribution in [-0.4, -0.2) is 38.4 Å². The van der Waals surface area contributed by atoms with Gasteiger partial charge in [-0.3, -0.25) is 14.9 Å². The van der Waals surface area contributed by atoms with E-state index in [0.29, 0.717) is 12.5 Å². The number of nitrogens with two attached hydrogens (primary N) is 1. The molecule has 0 aliphatic heterocycles. The van der Waals surface area contributed by atoms with Gasteiger partial charge in [0.15, 0.2) is 0 Å². The average Bonchev–Trinajstić information content (AvgIpc) is 2.53. The highest BCUT2D eigenvalue weighted by molar-refractivity contribution is 7.89. The van der Waals surface area contributed by atoms with Gasteiger partial charge in [0.1, 0.15) is 0 Å². The van der Waals surface area contributed by atoms with E-state index >= 15 is 0 Å². The number of sulfonamides is 1. The van der Waals surface area contributed by atoms with Crippen molar-refractivity contribution < 1.29 is 18.1 Å². The van der Waals surface area contributed by atoms with Crippen LogP contribution in [0.1, 0.15) is 26.7 Å². The Morgan fingerprint density at radius 2 is 1.88 bits per heavy atom. The Hall–Kier alpha value is -2.04. The molecule has 0 spiro atoms. The number of benzene rings is 1. The summed E-state index contributed by atoms with van der Waals surface area (Å²) in [4.78, 5) is 21.7. The van der Waals surface area contributed by atoms with E-state index < -0.39 is 14.9 Å². The van der Waals surface area contributed by atoms with Crippen LogP contribution >= 0.6 is 0 Å². The first-order valence-corrected chi connectivity index (χ1v) is 9.37. The minimum absolute atomic E-state index is 0.0270. The average molecular weight is 372 g/mol. The van der Waals surface area contributed by atoms with E-state index in [-0.39, 0.29) is 35.5 Å². The van der Waals surface area contributed by atoms with Crippen LogP contribution in [0.15, 0.2) is 29.2 Å². The zero-order chi connectivity index (χ0) is 19.0. The molecule has 10 heteroatoms. The predicted molar refractivity (Wildman–Crippen MR) is 93.3 cm³/mol. The number of nitro groups is 1. The quantitative estimate of drug-likeness (QED) is 0.408. The molecule has 140 valence electrons. The van der Waals surface area contributed by atoms with E-state index in [1.54, 1.807) is 0 Å². The molecule has 1 aromatic carbocycles. The first-order valence-electron chi connectivity index (χ1n) is 7.89. The lowest BCUT2D eigenvalue weighted by atomic mass is 10.0. The first kappa shape index (κ1) is 21.0. The summed E-state index contributed by atoms with van der Waals surface area (Å²) >= 11 is 0. The van der Waals surface area contributed by atoms with Gasteiger partial charge >= 0.3 is 0 Å². The van der Waals surface area contributed by atoms with Gasteiger partial charge in [-0.2, -0.15) is 0 Å². The maximum atomic E-state index is 12.1. The molecule has 0 saturated carbocycles. The third-order valence-corrected chi connectivity index (χ3v) is 4.88. The van der Waals surface area contributed by atoms with Crippen LogP contribution in [0.4, 0.5) is 5.69 Å². The number of rotatable bonds is 10. The van der Waals surface area contributed by atoms with Crippen LogP contribution < -0.4 is 15.8 Å². The molecule has 0 radical (unpaired) electrons. The highest BCUT2D eigenvalue weighted by Gasteiger charge is 2.17. The normalized spacial score (nSPS) is 12.8. The smallest absolute Gasteiger partial charge is 0.269 e. The van der Waals surface area contributed by atoms with Gasteiger partial charge < -0.3 is 11.1 Å². The van der Waals surface area contributed by atoms with Crippen LogP contribution in [0.2, 0.25) is 0 Å². The fourth-order valence-corrected chi connectivity index (χ4v) is 3.24. The van der Waals surface area contributed by atoms with Crippen molar-refractivity contribution >= 4 is 21.6 Å². The molecule has 1 amide bonds. The Morgan fingerprint density at radius 3 is 2.36 bits per heavy atom. The van der Waals surface area contributed by atoms with Gasteiger partial charge in [-0.1, -0.05) is 13.8 Å². The van der Waals surface area contributed by atoms with Gasteiger partial charge in [-0.05, 0) is 24.5 Å². The van der Waals surface area contributed by atoms with Crippen LogP contribution in [-0.2, 0) is 14.8 Å². The van der Waals surface area contributed by atoms with E-state index in [0.717, 1.165) is 30.7 Å². The van der Waals surface area contributed by atoms with Crippen molar-refractivity contribution in [3.63, 3.8) is 0 Å². The van der Waals surface area contributed by atoms with Gasteiger partial charge in [0.25, 0.3) is 5.69 Å². The number of nitrogens with zero attached hydrogens (tertiary/aromatic N) is 1. The maximum Gasteiger partial charge on any atom is 0.269 e. The second-order valence-corrected chi connectivity index (χ2v) is 7.80. The first-order chi connectivity index (χ1) is 11.7. The van der Waals surface area contributed by atoms with E-state index in [1.165, 1.54) is 0 Å². The van der Waals surface area contributed by atoms with E-state index in [9.17, 15) is 23.3 Å². The molecule has 0 aliphatic rings. The van der Waals surface area contributed by atoms with Gasteiger partial charge in [0.05, 0.1) is 9.82 Å². The summed E-state index contributed by atoms with van der Waals surface area (Å²) in [6.07, 6.45) is 0.720. The molecule has 0 fully saturated rings. The standard InChI is InChI=1S/C15H24N4O5S/c1-11(2)9-12(10-16)18-15(20)7-8-17-25(23,24)14-5-3-13(4-6-14)19(21)22/h3-6,11-12,17H,7-10,16H2,1-2H3,(H,18,20). The third kappa shape index (κ3) is 7.16. The molecule has 0 aliphatic carbocycles. The summed E-state index contributed by atoms with van der Waals surface area (Å²) in [6, 6.07) is 4.37. The Kier molecular flexibility index (Phi) is 7.94. The fourth-order valence-electron chi connectivity index (χ4n) is 2.21. The molecule has 25 heavy (non-hydrogen) atoms. The molecule has 1 aromatic rings. The third-order valence-electron chi connectivity index (χ3n) is 3.41. The summed E-state index contributed by atoms with van der Waals surface area (Å²) in [5.74, 6) is 0.0944. The van der Waals surface area contributed by atoms with Gasteiger partial charge in [-0.25, -0.2) is 13.1 Å². The van der Waals surface area contributed by atoms with Crippen molar-refractivity contribution in [1.29, 1.82) is 0 Å². The number of nitro benzene ring substituents is 1. The Labute approximate surface area is 147 Å². The number of nitrogens with one attached hydrogen (secondary N) is 2. The molecule has 0 heterocycles. The highest BCUT2D eigenvalue weighted by Crippen LogP contribution is 2.15. The largest absolute Gasteiger partial charge is 0.352 e. The molecule has 0 aromatic heterocycles. The second-order valence-electron chi connectivity index (χ2n) is 6.03. The van der Waals surface area contributed by atoms with Crippen LogP contribution in [0.25, 0.3) is 0 Å². The summed E-state index contributed by atoms with van der Waals surface area (Å²) in [6.45, 7) is 4.28. The zero-order valence-corrected chi connectivity index (χ0v) is 15.1. The number of carbonyl (C=O) groups excluding carboxylic acids is 1. The van der Waals surface area contributed by atoms with Crippen LogP contribution in [0, 0.1) is 16.0 Å². The number of hydrogen-bond donors (Lipinski definition) is 3. The van der Waals surface area contributed by atoms with Crippen LogP contribution in [0.5, 0.6) is 0 Å². The fraction of sp³-hybridized carbons (Fsp3) is 0.533. The predicted octanol–water partition coefficient (Wildman–Crippen LogP) is 0.753. The van der Waals surface area contributed by atoms with Crippen molar-refractivity contribution in [3.05, 3.63) is 34.4 Å². The van der Waals surface area contributed by atoms with Crippen molar-refractivity contribution in [2.45, 2.75) is 37.6 Å². The van der Waals surface area contributed by atoms with Crippen molar-refractivity contribution in [2.24, 2.45) is 11.7 Å². The lowest BCUT2D eigenvalue weighted by Crippen LogP contribution is -2.42. The molecule has 4 N–H and O–H groups in total. The molecule has 9 nitrogen and oxygen atoms in total. The highest BCUT2D eigenvalue weighted by atomic mass is 32.2. The minimum atomic E-state index is -3.83. The van der Waals surface area contributed by atoms with Gasteiger partial charge in [-0.15, -0.1) is 0 Å². The molecule has 1 atom stereocenters. The van der Waals surface area contributed by atoms with E-state index in [4.69, 9.17) is 5.73 Å². The Balaban J connectivity index is 2.53. The van der Waals surface area contributed by atoms with Crippen LogP contribution in [0.3, 0.4) is 0 Å². The number of carbonyl (C=O) groups is 1. The Morgan fingerprint density at radius 1 is 1.28 bits per heavy atom. The monoisotopic (exact) mass is 372 g/mol. The van der Waals surface area contributed by atoms with Crippen molar-refractivity contribution in [1.82, 2.24) is 10.0 Å². The summed E-state index contributed by atoms with van der Waals surface area (Å²) in [7, 11) is -3.83. The summed E-state index contributed by atoms with van der Waals surface area (Å²) < 4.78 is 26.5.